The Morgan fingerprint density at radius 1 is 1.41 bits per heavy atom. The third-order valence-electron chi connectivity index (χ3n) is 4.46. The van der Waals surface area contributed by atoms with Crippen molar-refractivity contribution in [1.82, 2.24) is 24.6 Å². The van der Waals surface area contributed by atoms with E-state index in [1.54, 1.807) is 24.0 Å². The van der Waals surface area contributed by atoms with Crippen LogP contribution in [0.5, 0.6) is 0 Å². The summed E-state index contributed by atoms with van der Waals surface area (Å²) in [5.74, 6) is 1.17. The molecular weight excluding hydrogens is 282 g/mol. The average Bonchev–Trinajstić information content (AvgIpc) is 3.06. The Labute approximate surface area is 129 Å². The number of hydrogen-bond acceptors (Lipinski definition) is 6. The number of rotatable bonds is 4. The molecule has 3 rings (SSSR count). The van der Waals surface area contributed by atoms with Gasteiger partial charge in [-0.25, -0.2) is 4.98 Å². The molecule has 22 heavy (non-hydrogen) atoms. The maximum Gasteiger partial charge on any atom is 0.256 e. The Morgan fingerprint density at radius 3 is 2.86 bits per heavy atom. The molecular formula is C15H21N5O2. The van der Waals surface area contributed by atoms with E-state index in [0.717, 1.165) is 32.5 Å². The summed E-state index contributed by atoms with van der Waals surface area (Å²) in [6, 6.07) is 0.145. The first kappa shape index (κ1) is 14.9. The van der Waals surface area contributed by atoms with Crippen LogP contribution >= 0.6 is 0 Å². The van der Waals surface area contributed by atoms with Gasteiger partial charge in [-0.1, -0.05) is 5.16 Å². The molecule has 1 fully saturated rings. The number of nitrogens with zero attached hydrogens (tertiary/aromatic N) is 5. The van der Waals surface area contributed by atoms with Gasteiger partial charge in [0, 0.05) is 18.3 Å². The molecule has 0 aromatic carbocycles. The zero-order chi connectivity index (χ0) is 15.5. The van der Waals surface area contributed by atoms with Gasteiger partial charge < -0.3 is 4.52 Å². The second-order valence-electron chi connectivity index (χ2n) is 5.97. The predicted octanol–water partition coefficient (Wildman–Crippen LogP) is 1.41. The van der Waals surface area contributed by atoms with Crippen molar-refractivity contribution in [1.29, 1.82) is 0 Å². The molecule has 0 aliphatic carbocycles. The number of aromatic nitrogens is 4. The summed E-state index contributed by atoms with van der Waals surface area (Å²) in [5.41, 5.74) is 0.765. The first-order chi connectivity index (χ1) is 10.6. The summed E-state index contributed by atoms with van der Waals surface area (Å²) in [6.07, 6.45) is 6.81. The fourth-order valence-corrected chi connectivity index (χ4v) is 3.01. The molecule has 1 unspecified atom stereocenters. The van der Waals surface area contributed by atoms with Gasteiger partial charge in [-0.2, -0.15) is 4.98 Å². The lowest BCUT2D eigenvalue weighted by molar-refractivity contribution is 0.113. The Kier molecular flexibility index (Phi) is 4.33. The lowest BCUT2D eigenvalue weighted by atomic mass is 9.95. The van der Waals surface area contributed by atoms with Crippen molar-refractivity contribution in [2.45, 2.75) is 39.3 Å². The molecule has 0 bridgehead atoms. The van der Waals surface area contributed by atoms with Crippen LogP contribution < -0.4 is 5.56 Å². The van der Waals surface area contributed by atoms with E-state index >= 15 is 0 Å². The molecule has 1 aliphatic rings. The van der Waals surface area contributed by atoms with Crippen LogP contribution in [0, 0.1) is 12.8 Å². The number of likely N-dealkylation sites (tertiary alicyclic amines) is 1. The van der Waals surface area contributed by atoms with E-state index in [-0.39, 0.29) is 11.6 Å². The molecule has 0 N–H and O–H groups in total. The summed E-state index contributed by atoms with van der Waals surface area (Å²) < 4.78 is 6.88. The third kappa shape index (κ3) is 3.09. The zero-order valence-corrected chi connectivity index (χ0v) is 13.0. The fraction of sp³-hybridized carbons (Fsp3) is 0.600. The molecule has 2 aromatic heterocycles. The predicted molar refractivity (Wildman–Crippen MR) is 80.2 cm³/mol. The molecule has 7 nitrogen and oxygen atoms in total. The van der Waals surface area contributed by atoms with E-state index in [0.29, 0.717) is 17.4 Å². The van der Waals surface area contributed by atoms with Crippen LogP contribution in [0.15, 0.2) is 28.2 Å². The smallest absolute Gasteiger partial charge is 0.256 e. The SMILES string of the molecule is Cc1cncn(CC2CCN(C(C)c3ncno3)CC2)c1=O. The van der Waals surface area contributed by atoms with E-state index in [1.807, 2.05) is 0 Å². The Morgan fingerprint density at radius 2 is 2.18 bits per heavy atom. The van der Waals surface area contributed by atoms with E-state index in [9.17, 15) is 4.79 Å². The van der Waals surface area contributed by atoms with Crippen molar-refractivity contribution >= 4 is 0 Å². The van der Waals surface area contributed by atoms with Crippen LogP contribution in [0.4, 0.5) is 0 Å². The summed E-state index contributed by atoms with van der Waals surface area (Å²) in [6.45, 7) is 6.59. The first-order valence-corrected chi connectivity index (χ1v) is 7.67. The summed E-state index contributed by atoms with van der Waals surface area (Å²) in [7, 11) is 0. The number of aryl methyl sites for hydroxylation is 1. The molecule has 1 aliphatic heterocycles. The van der Waals surface area contributed by atoms with E-state index in [4.69, 9.17) is 4.52 Å². The van der Waals surface area contributed by atoms with Gasteiger partial charge in [0.05, 0.1) is 12.4 Å². The van der Waals surface area contributed by atoms with Crippen molar-refractivity contribution in [3.05, 3.63) is 40.7 Å². The van der Waals surface area contributed by atoms with Gasteiger partial charge in [0.25, 0.3) is 5.56 Å². The number of hydrogen-bond donors (Lipinski definition) is 0. The summed E-state index contributed by atoms with van der Waals surface area (Å²) >= 11 is 0. The Bertz CT molecular complexity index is 659. The van der Waals surface area contributed by atoms with Crippen LogP contribution in [0.25, 0.3) is 0 Å². The minimum absolute atomic E-state index is 0.0663. The van der Waals surface area contributed by atoms with Crippen molar-refractivity contribution in [2.24, 2.45) is 5.92 Å². The van der Waals surface area contributed by atoms with Crippen molar-refractivity contribution in [3.8, 4) is 0 Å². The maximum absolute atomic E-state index is 12.1. The summed E-state index contributed by atoms with van der Waals surface area (Å²) in [5, 5.41) is 3.67. The zero-order valence-electron chi connectivity index (χ0n) is 13.0. The number of piperidine rings is 1. The molecule has 0 amide bonds. The van der Waals surface area contributed by atoms with Gasteiger partial charge >= 0.3 is 0 Å². The van der Waals surface area contributed by atoms with E-state index < -0.39 is 0 Å². The van der Waals surface area contributed by atoms with E-state index in [1.165, 1.54) is 6.33 Å². The molecule has 7 heteroatoms. The maximum atomic E-state index is 12.1. The Hall–Kier alpha value is -2.02. The molecule has 1 atom stereocenters. The van der Waals surface area contributed by atoms with Crippen molar-refractivity contribution < 1.29 is 4.52 Å². The highest BCUT2D eigenvalue weighted by atomic mass is 16.5. The van der Waals surface area contributed by atoms with Gasteiger partial charge in [-0.15, -0.1) is 0 Å². The molecule has 118 valence electrons. The quantitative estimate of drug-likeness (QED) is 0.850. The van der Waals surface area contributed by atoms with Gasteiger partial charge in [-0.3, -0.25) is 14.3 Å². The molecule has 0 radical (unpaired) electrons. The highest BCUT2D eigenvalue weighted by molar-refractivity contribution is 5.00. The topological polar surface area (TPSA) is 77.1 Å². The van der Waals surface area contributed by atoms with Crippen LogP contribution in [-0.4, -0.2) is 37.7 Å². The third-order valence-corrected chi connectivity index (χ3v) is 4.46. The lowest BCUT2D eigenvalue weighted by Gasteiger charge is -2.34. The second-order valence-corrected chi connectivity index (χ2v) is 5.97. The van der Waals surface area contributed by atoms with Crippen LogP contribution in [0.2, 0.25) is 0 Å². The molecule has 1 saturated heterocycles. The standard InChI is InChI=1S/C15H21N5O2/c1-11-7-16-10-20(15(11)21)8-13-3-5-19(6-4-13)12(2)14-17-9-18-22-14/h7,9-10,12-13H,3-6,8H2,1-2H3. The Balaban J connectivity index is 1.58. The largest absolute Gasteiger partial charge is 0.338 e. The van der Waals surface area contributed by atoms with Crippen LogP contribution in [-0.2, 0) is 6.54 Å². The monoisotopic (exact) mass is 303 g/mol. The van der Waals surface area contributed by atoms with Gasteiger partial charge in [0.15, 0.2) is 6.33 Å². The summed E-state index contributed by atoms with van der Waals surface area (Å²) in [4.78, 5) is 22.6. The van der Waals surface area contributed by atoms with E-state index in [2.05, 4.69) is 26.9 Å². The fourth-order valence-electron chi connectivity index (χ4n) is 3.01. The first-order valence-electron chi connectivity index (χ1n) is 7.67. The van der Waals surface area contributed by atoms with Gasteiger partial charge in [0.1, 0.15) is 0 Å². The highest BCUT2D eigenvalue weighted by Gasteiger charge is 2.26. The second kappa shape index (κ2) is 6.39. The van der Waals surface area contributed by atoms with Crippen molar-refractivity contribution in [3.63, 3.8) is 0 Å². The van der Waals surface area contributed by atoms with Crippen LogP contribution in [0.1, 0.15) is 37.3 Å². The normalized spacial score (nSPS) is 18.5. The minimum Gasteiger partial charge on any atom is -0.338 e. The molecule has 0 saturated carbocycles. The van der Waals surface area contributed by atoms with Crippen molar-refractivity contribution in [2.75, 3.05) is 13.1 Å². The van der Waals surface area contributed by atoms with Crippen LogP contribution in [0.3, 0.4) is 0 Å². The highest BCUT2D eigenvalue weighted by Crippen LogP contribution is 2.25. The minimum atomic E-state index is 0.0663. The van der Waals surface area contributed by atoms with Gasteiger partial charge in [-0.05, 0) is 45.7 Å². The van der Waals surface area contributed by atoms with Gasteiger partial charge in [0.2, 0.25) is 5.89 Å². The molecule has 0 spiro atoms. The molecule has 2 aromatic rings. The molecule has 3 heterocycles. The lowest BCUT2D eigenvalue weighted by Crippen LogP contribution is -2.38. The average molecular weight is 303 g/mol.